The molecule has 1 aromatic rings. The predicted molar refractivity (Wildman–Crippen MR) is 72.9 cm³/mol. The van der Waals surface area contributed by atoms with Crippen LogP contribution in [0.4, 0.5) is 0 Å². The van der Waals surface area contributed by atoms with Crippen LogP contribution in [0, 0.1) is 6.92 Å². The lowest BCUT2D eigenvalue weighted by Gasteiger charge is -2.18. The fourth-order valence-corrected chi connectivity index (χ4v) is 2.86. The van der Waals surface area contributed by atoms with E-state index in [1.165, 1.54) is 56.1 Å². The molecule has 0 aromatic heterocycles. The van der Waals surface area contributed by atoms with Crippen molar-refractivity contribution in [3.63, 3.8) is 0 Å². The maximum absolute atomic E-state index is 2.58. The van der Waals surface area contributed by atoms with Gasteiger partial charge in [0.15, 0.2) is 0 Å². The summed E-state index contributed by atoms with van der Waals surface area (Å²) in [5.41, 5.74) is 2.95. The third-order valence-electron chi connectivity index (χ3n) is 4.08. The second-order valence-electron chi connectivity index (χ2n) is 5.47. The van der Waals surface area contributed by atoms with Gasteiger partial charge in [0, 0.05) is 5.56 Å². The van der Waals surface area contributed by atoms with Crippen molar-refractivity contribution in [2.24, 2.45) is 0 Å². The normalized spacial score (nSPS) is 18.6. The zero-order valence-corrected chi connectivity index (χ0v) is 11.1. The SMILES string of the molecule is Cc1ccccc1C[NH2+]C1CCCCCCC1. The first-order valence-corrected chi connectivity index (χ1v) is 7.24. The van der Waals surface area contributed by atoms with Gasteiger partial charge in [-0.3, -0.25) is 0 Å². The summed E-state index contributed by atoms with van der Waals surface area (Å²) in [4.78, 5) is 0. The lowest BCUT2D eigenvalue weighted by Crippen LogP contribution is -2.88. The van der Waals surface area contributed by atoms with Gasteiger partial charge in [0.1, 0.15) is 6.54 Å². The van der Waals surface area contributed by atoms with Gasteiger partial charge in [-0.05, 0) is 38.2 Å². The van der Waals surface area contributed by atoms with Crippen LogP contribution in [0.2, 0.25) is 0 Å². The largest absolute Gasteiger partial charge is 0.340 e. The Morgan fingerprint density at radius 2 is 1.65 bits per heavy atom. The summed E-state index contributed by atoms with van der Waals surface area (Å²) in [6.07, 6.45) is 10.1. The molecule has 17 heavy (non-hydrogen) atoms. The van der Waals surface area contributed by atoms with Crippen molar-refractivity contribution in [3.8, 4) is 0 Å². The Bertz CT molecular complexity index is 324. The first-order valence-electron chi connectivity index (χ1n) is 7.24. The standard InChI is InChI=1S/C16H25N/c1-14-9-7-8-10-15(14)13-17-16-11-5-3-2-4-6-12-16/h7-10,16-17H,2-6,11-13H2,1H3/p+1. The number of benzene rings is 1. The van der Waals surface area contributed by atoms with E-state index in [-0.39, 0.29) is 0 Å². The molecule has 0 amide bonds. The fourth-order valence-electron chi connectivity index (χ4n) is 2.86. The smallest absolute Gasteiger partial charge is 0.102 e. The van der Waals surface area contributed by atoms with Crippen LogP contribution in [0.25, 0.3) is 0 Å². The lowest BCUT2D eigenvalue weighted by atomic mass is 9.96. The van der Waals surface area contributed by atoms with Gasteiger partial charge in [0.25, 0.3) is 0 Å². The maximum atomic E-state index is 2.58. The number of hydrogen-bond acceptors (Lipinski definition) is 0. The molecule has 1 aliphatic rings. The first kappa shape index (κ1) is 12.6. The van der Waals surface area contributed by atoms with Gasteiger partial charge in [-0.1, -0.05) is 43.5 Å². The van der Waals surface area contributed by atoms with Crippen LogP contribution in [0.1, 0.15) is 56.1 Å². The summed E-state index contributed by atoms with van der Waals surface area (Å²) in [7, 11) is 0. The fraction of sp³-hybridized carbons (Fsp3) is 0.625. The maximum Gasteiger partial charge on any atom is 0.102 e. The van der Waals surface area contributed by atoms with Crippen molar-refractivity contribution in [2.45, 2.75) is 64.5 Å². The summed E-state index contributed by atoms with van der Waals surface area (Å²) in [6.45, 7) is 3.39. The summed E-state index contributed by atoms with van der Waals surface area (Å²) in [6, 6.07) is 9.66. The van der Waals surface area contributed by atoms with E-state index >= 15 is 0 Å². The quantitative estimate of drug-likeness (QED) is 0.824. The Hall–Kier alpha value is -0.820. The highest BCUT2D eigenvalue weighted by atomic mass is 14.9. The van der Waals surface area contributed by atoms with Crippen LogP contribution < -0.4 is 5.32 Å². The number of aryl methyl sites for hydroxylation is 1. The first-order chi connectivity index (χ1) is 8.36. The van der Waals surface area contributed by atoms with Gasteiger partial charge in [0.05, 0.1) is 6.04 Å². The van der Waals surface area contributed by atoms with E-state index in [0.29, 0.717) is 0 Å². The molecule has 2 N–H and O–H groups in total. The molecule has 1 aromatic carbocycles. The third-order valence-corrected chi connectivity index (χ3v) is 4.08. The highest BCUT2D eigenvalue weighted by Crippen LogP contribution is 2.15. The summed E-state index contributed by atoms with van der Waals surface area (Å²) in [5, 5.41) is 2.58. The van der Waals surface area contributed by atoms with Crippen LogP contribution in [-0.4, -0.2) is 6.04 Å². The van der Waals surface area contributed by atoms with Gasteiger partial charge in [-0.15, -0.1) is 0 Å². The van der Waals surface area contributed by atoms with Gasteiger partial charge in [0.2, 0.25) is 0 Å². The molecule has 0 heterocycles. The van der Waals surface area contributed by atoms with Crippen molar-refractivity contribution < 1.29 is 5.32 Å². The Morgan fingerprint density at radius 1 is 1.00 bits per heavy atom. The van der Waals surface area contributed by atoms with Crippen LogP contribution in [-0.2, 0) is 6.54 Å². The van der Waals surface area contributed by atoms with E-state index in [4.69, 9.17) is 0 Å². The van der Waals surface area contributed by atoms with Gasteiger partial charge < -0.3 is 5.32 Å². The zero-order valence-electron chi connectivity index (χ0n) is 11.1. The Kier molecular flexibility index (Phi) is 5.06. The van der Waals surface area contributed by atoms with Crippen molar-refractivity contribution in [1.82, 2.24) is 0 Å². The van der Waals surface area contributed by atoms with E-state index in [2.05, 4.69) is 36.5 Å². The average molecular weight is 232 g/mol. The number of nitrogens with two attached hydrogens (primary N) is 1. The summed E-state index contributed by atoms with van der Waals surface area (Å²) >= 11 is 0. The molecule has 0 spiro atoms. The molecule has 0 bridgehead atoms. The van der Waals surface area contributed by atoms with Crippen molar-refractivity contribution in [3.05, 3.63) is 35.4 Å². The molecule has 1 nitrogen and oxygen atoms in total. The van der Waals surface area contributed by atoms with Crippen LogP contribution in [0.15, 0.2) is 24.3 Å². The molecule has 0 unspecified atom stereocenters. The molecule has 94 valence electrons. The Morgan fingerprint density at radius 3 is 2.35 bits per heavy atom. The Labute approximate surface area is 106 Å². The topological polar surface area (TPSA) is 16.6 Å². The lowest BCUT2D eigenvalue weighted by molar-refractivity contribution is -0.706. The van der Waals surface area contributed by atoms with Gasteiger partial charge in [-0.25, -0.2) is 0 Å². The molecule has 1 heteroatoms. The average Bonchev–Trinajstić information content (AvgIpc) is 2.29. The third kappa shape index (κ3) is 4.16. The van der Waals surface area contributed by atoms with Gasteiger partial charge in [-0.2, -0.15) is 0 Å². The molecule has 0 saturated heterocycles. The van der Waals surface area contributed by atoms with Crippen LogP contribution in [0.3, 0.4) is 0 Å². The number of quaternary nitrogens is 1. The van der Waals surface area contributed by atoms with E-state index in [0.717, 1.165) is 12.6 Å². The molecule has 1 saturated carbocycles. The highest BCUT2D eigenvalue weighted by molar-refractivity contribution is 5.24. The monoisotopic (exact) mass is 232 g/mol. The second-order valence-corrected chi connectivity index (χ2v) is 5.47. The Balaban J connectivity index is 1.82. The van der Waals surface area contributed by atoms with E-state index < -0.39 is 0 Å². The minimum absolute atomic E-state index is 0.870. The highest BCUT2D eigenvalue weighted by Gasteiger charge is 2.13. The minimum Gasteiger partial charge on any atom is -0.340 e. The summed E-state index contributed by atoms with van der Waals surface area (Å²) < 4.78 is 0. The molecule has 2 rings (SSSR count). The molecule has 0 aliphatic heterocycles. The van der Waals surface area contributed by atoms with Crippen molar-refractivity contribution in [2.75, 3.05) is 0 Å². The minimum atomic E-state index is 0.870. The van der Waals surface area contributed by atoms with Crippen molar-refractivity contribution >= 4 is 0 Å². The zero-order chi connectivity index (χ0) is 11.9. The molecule has 1 fully saturated rings. The number of rotatable bonds is 3. The molecule has 0 atom stereocenters. The molecular weight excluding hydrogens is 206 g/mol. The second kappa shape index (κ2) is 6.80. The molecule has 0 radical (unpaired) electrons. The van der Waals surface area contributed by atoms with Crippen LogP contribution in [0.5, 0.6) is 0 Å². The van der Waals surface area contributed by atoms with Gasteiger partial charge >= 0.3 is 0 Å². The van der Waals surface area contributed by atoms with Crippen molar-refractivity contribution in [1.29, 1.82) is 0 Å². The van der Waals surface area contributed by atoms with E-state index in [1.54, 1.807) is 0 Å². The van der Waals surface area contributed by atoms with Crippen LogP contribution >= 0.6 is 0 Å². The predicted octanol–water partition coefficient (Wildman–Crippen LogP) is 3.17. The number of hydrogen-bond donors (Lipinski definition) is 1. The van der Waals surface area contributed by atoms with E-state index in [1.807, 2.05) is 0 Å². The van der Waals surface area contributed by atoms with E-state index in [9.17, 15) is 0 Å². The molecular formula is C16H26N+. The summed E-state index contributed by atoms with van der Waals surface area (Å²) in [5.74, 6) is 0. The molecule has 1 aliphatic carbocycles.